The topological polar surface area (TPSA) is 101 Å². The number of nitrogens with one attached hydrogen (secondary N) is 2. The van der Waals surface area contributed by atoms with Crippen molar-refractivity contribution in [1.82, 2.24) is 20.1 Å². The zero-order chi connectivity index (χ0) is 23.2. The van der Waals surface area contributed by atoms with E-state index in [2.05, 4.69) is 10.6 Å². The fraction of sp³-hybridized carbons (Fsp3) is 0.200. The second kappa shape index (κ2) is 9.95. The molecule has 0 unspecified atom stereocenters. The molecule has 4 rings (SSSR count). The van der Waals surface area contributed by atoms with Crippen molar-refractivity contribution in [1.29, 1.82) is 0 Å². The number of hydrogen-bond acceptors (Lipinski definition) is 4. The normalized spacial score (nSPS) is 12.5. The van der Waals surface area contributed by atoms with E-state index in [1.54, 1.807) is 36.4 Å². The van der Waals surface area contributed by atoms with Crippen LogP contribution < -0.4 is 10.6 Å². The number of aromatic nitrogens is 1. The highest BCUT2D eigenvalue weighted by molar-refractivity contribution is 6.21. The van der Waals surface area contributed by atoms with E-state index in [1.165, 1.54) is 4.90 Å². The Morgan fingerprint density at radius 3 is 2.00 bits per heavy atom. The van der Waals surface area contributed by atoms with Crippen molar-refractivity contribution < 1.29 is 19.2 Å². The summed E-state index contributed by atoms with van der Waals surface area (Å²) in [4.78, 5) is 50.1. The van der Waals surface area contributed by atoms with Crippen LogP contribution in [0.4, 0.5) is 0 Å². The van der Waals surface area contributed by atoms with E-state index in [0.29, 0.717) is 36.2 Å². The maximum absolute atomic E-state index is 12.3. The molecule has 2 N–H and O–H groups in total. The highest BCUT2D eigenvalue weighted by Crippen LogP contribution is 2.22. The Bertz CT molecular complexity index is 1130. The number of carbonyl (C=O) groups is 4. The molecule has 33 heavy (non-hydrogen) atoms. The Hall–Kier alpha value is -4.20. The summed E-state index contributed by atoms with van der Waals surface area (Å²) in [5, 5.41) is 5.51. The van der Waals surface area contributed by atoms with Crippen LogP contribution in [0.25, 0.3) is 5.69 Å². The van der Waals surface area contributed by atoms with E-state index in [1.807, 2.05) is 41.2 Å². The molecule has 2 heterocycles. The van der Waals surface area contributed by atoms with E-state index >= 15 is 0 Å². The Labute approximate surface area is 191 Å². The van der Waals surface area contributed by atoms with Crippen LogP contribution >= 0.6 is 0 Å². The average Bonchev–Trinajstić information content (AvgIpc) is 3.46. The SMILES string of the molecule is O=C(CCCN1C(=O)c2ccccc2C1=O)NCCNC(=O)c1ccc(-n2cccc2)cc1. The van der Waals surface area contributed by atoms with Crippen molar-refractivity contribution in [3.63, 3.8) is 0 Å². The van der Waals surface area contributed by atoms with Gasteiger partial charge in [0, 0.05) is 49.7 Å². The summed E-state index contributed by atoms with van der Waals surface area (Å²) in [6, 6.07) is 17.8. The second-order valence-corrected chi connectivity index (χ2v) is 7.65. The number of amides is 4. The molecule has 1 aliphatic rings. The number of rotatable bonds is 9. The third-order valence-corrected chi connectivity index (χ3v) is 5.43. The lowest BCUT2D eigenvalue weighted by atomic mass is 10.1. The van der Waals surface area contributed by atoms with Crippen molar-refractivity contribution in [2.24, 2.45) is 0 Å². The fourth-order valence-corrected chi connectivity index (χ4v) is 3.70. The van der Waals surface area contributed by atoms with Crippen LogP contribution in [-0.2, 0) is 4.79 Å². The highest BCUT2D eigenvalue weighted by atomic mass is 16.2. The van der Waals surface area contributed by atoms with Gasteiger partial charge in [-0.3, -0.25) is 24.1 Å². The minimum absolute atomic E-state index is 0.183. The van der Waals surface area contributed by atoms with Crippen LogP contribution in [0.1, 0.15) is 43.9 Å². The monoisotopic (exact) mass is 444 g/mol. The molecule has 0 radical (unpaired) electrons. The molecule has 2 aromatic carbocycles. The van der Waals surface area contributed by atoms with Crippen molar-refractivity contribution in [3.8, 4) is 5.69 Å². The van der Waals surface area contributed by atoms with Gasteiger partial charge in [-0.1, -0.05) is 12.1 Å². The molecule has 0 aliphatic carbocycles. The van der Waals surface area contributed by atoms with E-state index in [9.17, 15) is 19.2 Å². The lowest BCUT2D eigenvalue weighted by Crippen LogP contribution is -2.35. The molecule has 0 saturated carbocycles. The first-order valence-electron chi connectivity index (χ1n) is 10.8. The molecule has 0 fully saturated rings. The Morgan fingerprint density at radius 1 is 0.758 bits per heavy atom. The molecule has 3 aromatic rings. The van der Waals surface area contributed by atoms with Crippen LogP contribution in [-0.4, -0.2) is 52.7 Å². The van der Waals surface area contributed by atoms with E-state index in [0.717, 1.165) is 5.69 Å². The molecule has 0 spiro atoms. The molecule has 168 valence electrons. The number of benzene rings is 2. The predicted molar refractivity (Wildman–Crippen MR) is 122 cm³/mol. The minimum atomic E-state index is -0.319. The van der Waals surface area contributed by atoms with Gasteiger partial charge < -0.3 is 15.2 Å². The fourth-order valence-electron chi connectivity index (χ4n) is 3.70. The largest absolute Gasteiger partial charge is 0.354 e. The lowest BCUT2D eigenvalue weighted by molar-refractivity contribution is -0.121. The Kier molecular flexibility index (Phi) is 6.64. The van der Waals surface area contributed by atoms with E-state index in [-0.39, 0.29) is 36.6 Å². The van der Waals surface area contributed by atoms with Gasteiger partial charge in [-0.05, 0) is 55.0 Å². The van der Waals surface area contributed by atoms with Gasteiger partial charge >= 0.3 is 0 Å². The molecule has 0 saturated heterocycles. The summed E-state index contributed by atoms with van der Waals surface area (Å²) in [6.07, 6.45) is 4.41. The van der Waals surface area contributed by atoms with Gasteiger partial charge in [-0.2, -0.15) is 0 Å². The van der Waals surface area contributed by atoms with Gasteiger partial charge in [0.25, 0.3) is 17.7 Å². The predicted octanol–water partition coefficient (Wildman–Crippen LogP) is 2.40. The van der Waals surface area contributed by atoms with Crippen molar-refractivity contribution in [3.05, 3.63) is 89.7 Å². The Morgan fingerprint density at radius 2 is 1.36 bits per heavy atom. The first-order valence-corrected chi connectivity index (χ1v) is 10.8. The lowest BCUT2D eigenvalue weighted by Gasteiger charge is -2.13. The van der Waals surface area contributed by atoms with E-state index in [4.69, 9.17) is 0 Å². The second-order valence-electron chi connectivity index (χ2n) is 7.65. The average molecular weight is 444 g/mol. The third kappa shape index (κ3) is 5.01. The number of imide groups is 1. The summed E-state index contributed by atoms with van der Waals surface area (Å²) < 4.78 is 1.95. The molecule has 1 aromatic heterocycles. The smallest absolute Gasteiger partial charge is 0.261 e. The zero-order valence-electron chi connectivity index (χ0n) is 18.0. The first kappa shape index (κ1) is 22.0. The van der Waals surface area contributed by atoms with Crippen LogP contribution in [0.5, 0.6) is 0 Å². The molecule has 0 bridgehead atoms. The van der Waals surface area contributed by atoms with Gasteiger partial charge in [0.05, 0.1) is 11.1 Å². The van der Waals surface area contributed by atoms with Crippen LogP contribution in [0.2, 0.25) is 0 Å². The quantitative estimate of drug-likeness (QED) is 0.391. The van der Waals surface area contributed by atoms with Crippen molar-refractivity contribution >= 4 is 23.6 Å². The van der Waals surface area contributed by atoms with Gasteiger partial charge in [0.2, 0.25) is 5.91 Å². The summed E-state index contributed by atoms with van der Waals surface area (Å²) >= 11 is 0. The molecule has 0 atom stereocenters. The molecule has 1 aliphatic heterocycles. The number of carbonyl (C=O) groups excluding carboxylic acids is 4. The number of hydrogen-bond donors (Lipinski definition) is 2. The van der Waals surface area contributed by atoms with Gasteiger partial charge in [-0.15, -0.1) is 0 Å². The maximum atomic E-state index is 12.3. The van der Waals surface area contributed by atoms with Crippen molar-refractivity contribution in [2.75, 3.05) is 19.6 Å². The van der Waals surface area contributed by atoms with Crippen LogP contribution in [0.3, 0.4) is 0 Å². The van der Waals surface area contributed by atoms with Gasteiger partial charge in [-0.25, -0.2) is 0 Å². The van der Waals surface area contributed by atoms with Crippen molar-refractivity contribution in [2.45, 2.75) is 12.8 Å². The molecule has 4 amide bonds. The summed E-state index contributed by atoms with van der Waals surface area (Å²) in [5.41, 5.74) is 2.31. The number of nitrogens with zero attached hydrogens (tertiary/aromatic N) is 2. The molecular formula is C25H24N4O4. The maximum Gasteiger partial charge on any atom is 0.261 e. The molecule has 8 nitrogen and oxygen atoms in total. The summed E-state index contributed by atoms with van der Waals surface area (Å²) in [5.74, 6) is -1.05. The van der Waals surface area contributed by atoms with E-state index < -0.39 is 0 Å². The van der Waals surface area contributed by atoms with Gasteiger partial charge in [0.1, 0.15) is 0 Å². The van der Waals surface area contributed by atoms with Gasteiger partial charge in [0.15, 0.2) is 0 Å². The molecular weight excluding hydrogens is 420 g/mol. The first-order chi connectivity index (χ1) is 16.0. The third-order valence-electron chi connectivity index (χ3n) is 5.43. The van der Waals surface area contributed by atoms with Crippen LogP contribution in [0, 0.1) is 0 Å². The van der Waals surface area contributed by atoms with Crippen LogP contribution in [0.15, 0.2) is 73.1 Å². The summed E-state index contributed by atoms with van der Waals surface area (Å²) in [7, 11) is 0. The zero-order valence-corrected chi connectivity index (χ0v) is 18.0. The molecule has 8 heteroatoms. The summed E-state index contributed by atoms with van der Waals surface area (Å²) in [6.45, 7) is 0.775. The minimum Gasteiger partial charge on any atom is -0.354 e. The Balaban J connectivity index is 1.14. The highest BCUT2D eigenvalue weighted by Gasteiger charge is 2.34. The number of fused-ring (bicyclic) bond motifs is 1. The standard InChI is InChI=1S/C25H24N4O4/c30-22(8-5-17-29-24(32)20-6-1-2-7-21(20)25(29)33)26-13-14-27-23(31)18-9-11-19(12-10-18)28-15-3-4-16-28/h1-4,6-7,9-12,15-16H,5,8,13-14,17H2,(H,26,30)(H,27,31).